The zero-order valence-corrected chi connectivity index (χ0v) is 27.2. The van der Waals surface area contributed by atoms with Crippen LogP contribution in [0.25, 0.3) is 0 Å². The van der Waals surface area contributed by atoms with Crippen molar-refractivity contribution in [2.45, 2.75) is 66.2 Å². The molecule has 0 aliphatic heterocycles. The standard InChI is InChI=1S/C9H19NO2.C9H15NO2.2Rb/c2*1-7(3-4-10)5-8(2)6-9(11)12;;/h7-8H,3-6,10H2,1-2H3,(H,11,12);7-8H,3,5-6H2,1-2H3,(H,11,12);;/q;;2*+1/p-2/t2*7-,8-;;/m11../s1. The molecule has 0 aromatic carbocycles. The SMILES string of the molecule is C[C@H](CC#N)C[C@@H](C)CC(=O)[O-].C[C@H](CCN)C[C@@H](C)CC(=O)[O-].[Rb+].[Rb+]. The molecule has 0 unspecified atom stereocenters. The molecular weight excluding hydrogens is 479 g/mol. The predicted molar refractivity (Wildman–Crippen MR) is 89.0 cm³/mol. The smallest absolute Gasteiger partial charge is 0.550 e. The molecule has 2 N–H and O–H groups in total. The van der Waals surface area contributed by atoms with E-state index in [1.54, 1.807) is 0 Å². The summed E-state index contributed by atoms with van der Waals surface area (Å²) in [4.78, 5) is 20.4. The van der Waals surface area contributed by atoms with Gasteiger partial charge in [0.1, 0.15) is 0 Å². The summed E-state index contributed by atoms with van der Waals surface area (Å²) in [7, 11) is 0. The van der Waals surface area contributed by atoms with Crippen LogP contribution in [0.5, 0.6) is 0 Å². The molecule has 8 heteroatoms. The van der Waals surface area contributed by atoms with Crippen molar-refractivity contribution in [2.75, 3.05) is 6.54 Å². The third-order valence-electron chi connectivity index (χ3n) is 3.74. The van der Waals surface area contributed by atoms with E-state index in [1.165, 1.54) is 0 Å². The van der Waals surface area contributed by atoms with Gasteiger partial charge in [0, 0.05) is 18.4 Å². The van der Waals surface area contributed by atoms with Crippen LogP contribution >= 0.6 is 0 Å². The molecule has 26 heavy (non-hydrogen) atoms. The molecule has 0 aliphatic rings. The van der Waals surface area contributed by atoms with Crippen LogP contribution in [0, 0.1) is 35.0 Å². The van der Waals surface area contributed by atoms with Gasteiger partial charge in [-0.05, 0) is 62.3 Å². The summed E-state index contributed by atoms with van der Waals surface area (Å²) >= 11 is 0. The minimum Gasteiger partial charge on any atom is -0.550 e. The number of carbonyl (C=O) groups excluding carboxylic acids is 2. The number of hydrogen-bond acceptors (Lipinski definition) is 6. The van der Waals surface area contributed by atoms with E-state index in [1.807, 2.05) is 20.8 Å². The van der Waals surface area contributed by atoms with Crippen molar-refractivity contribution in [2.24, 2.45) is 29.4 Å². The first-order valence-electron chi connectivity index (χ1n) is 8.58. The maximum atomic E-state index is 10.2. The van der Waals surface area contributed by atoms with Crippen LogP contribution in [-0.2, 0) is 9.59 Å². The molecule has 0 aromatic rings. The monoisotopic (exact) mass is 510 g/mol. The van der Waals surface area contributed by atoms with Gasteiger partial charge in [0.05, 0.1) is 6.07 Å². The number of carbonyl (C=O) groups is 2. The van der Waals surface area contributed by atoms with Crippen LogP contribution in [-0.4, -0.2) is 18.5 Å². The average molecular weight is 511 g/mol. The average Bonchev–Trinajstić information content (AvgIpc) is 2.37. The summed E-state index contributed by atoms with van der Waals surface area (Å²) in [5.74, 6) is -0.849. The molecule has 0 saturated carbocycles. The summed E-state index contributed by atoms with van der Waals surface area (Å²) in [5, 5.41) is 28.7. The van der Waals surface area contributed by atoms with Gasteiger partial charge in [0.25, 0.3) is 0 Å². The zero-order chi connectivity index (χ0) is 19.1. The van der Waals surface area contributed by atoms with Gasteiger partial charge in [-0.2, -0.15) is 5.26 Å². The molecule has 0 spiro atoms. The molecule has 0 bridgehead atoms. The number of rotatable bonds is 11. The summed E-state index contributed by atoms with van der Waals surface area (Å²) in [6, 6.07) is 2.06. The maximum Gasteiger partial charge on any atom is 1.00 e. The molecule has 0 aromatic heterocycles. The second kappa shape index (κ2) is 23.3. The molecule has 140 valence electrons. The Morgan fingerprint density at radius 1 is 0.885 bits per heavy atom. The number of nitrogens with two attached hydrogens (primary N) is 1. The van der Waals surface area contributed by atoms with Gasteiger partial charge in [-0.1, -0.05) is 27.7 Å². The van der Waals surface area contributed by atoms with Crippen molar-refractivity contribution < 1.29 is 136 Å². The van der Waals surface area contributed by atoms with E-state index in [4.69, 9.17) is 11.0 Å². The van der Waals surface area contributed by atoms with Gasteiger partial charge in [-0.15, -0.1) is 0 Å². The number of aliphatic carboxylic acids is 2. The summed E-state index contributed by atoms with van der Waals surface area (Å²) < 4.78 is 0. The summed E-state index contributed by atoms with van der Waals surface area (Å²) in [6.45, 7) is 8.53. The number of carboxylic acids is 2. The molecule has 0 rings (SSSR count). The maximum absolute atomic E-state index is 10.2. The van der Waals surface area contributed by atoms with Crippen molar-refractivity contribution in [1.29, 1.82) is 5.26 Å². The quantitative estimate of drug-likeness (QED) is 0.295. The Labute approximate surface area is 256 Å². The third kappa shape index (κ3) is 28.2. The normalized spacial score (nSPS) is 14.0. The molecule has 0 fully saturated rings. The fraction of sp³-hybridized carbons (Fsp3) is 0.833. The fourth-order valence-corrected chi connectivity index (χ4v) is 2.75. The van der Waals surface area contributed by atoms with Crippen molar-refractivity contribution in [3.05, 3.63) is 0 Å². The first kappa shape index (κ1) is 35.4. The molecule has 0 amide bonds. The van der Waals surface area contributed by atoms with E-state index in [-0.39, 0.29) is 147 Å². The van der Waals surface area contributed by atoms with Crippen LogP contribution in [0.2, 0.25) is 0 Å². The van der Waals surface area contributed by atoms with Crippen molar-refractivity contribution in [3.63, 3.8) is 0 Å². The first-order chi connectivity index (χ1) is 11.1. The third-order valence-corrected chi connectivity index (χ3v) is 3.74. The van der Waals surface area contributed by atoms with E-state index in [0.29, 0.717) is 18.9 Å². The molecule has 0 radical (unpaired) electrons. The number of nitrogens with zero attached hydrogens (tertiary/aromatic N) is 1. The molecule has 0 saturated heterocycles. The van der Waals surface area contributed by atoms with Crippen molar-refractivity contribution in [3.8, 4) is 6.07 Å². The fourth-order valence-electron chi connectivity index (χ4n) is 2.75. The Kier molecular flexibility index (Phi) is 31.7. The molecule has 0 aliphatic carbocycles. The number of hydrogen-bond donors (Lipinski definition) is 1. The van der Waals surface area contributed by atoms with Gasteiger partial charge in [-0.25, -0.2) is 0 Å². The van der Waals surface area contributed by atoms with E-state index < -0.39 is 11.9 Å². The van der Waals surface area contributed by atoms with Crippen LogP contribution in [0.1, 0.15) is 66.2 Å². The summed E-state index contributed by atoms with van der Waals surface area (Å²) in [6.07, 6.45) is 3.42. The van der Waals surface area contributed by atoms with Gasteiger partial charge in [0.2, 0.25) is 0 Å². The van der Waals surface area contributed by atoms with Crippen LogP contribution in [0.3, 0.4) is 0 Å². The second-order valence-electron chi connectivity index (χ2n) is 6.98. The van der Waals surface area contributed by atoms with E-state index in [9.17, 15) is 19.8 Å². The van der Waals surface area contributed by atoms with Crippen LogP contribution in [0.15, 0.2) is 0 Å². The molecular formula is C18H32N2O4Rb2. The molecule has 6 nitrogen and oxygen atoms in total. The van der Waals surface area contributed by atoms with Crippen LogP contribution < -0.4 is 132 Å². The van der Waals surface area contributed by atoms with E-state index in [0.717, 1.165) is 19.3 Å². The first-order valence-corrected chi connectivity index (χ1v) is 8.58. The Bertz CT molecular complexity index is 403. The largest absolute Gasteiger partial charge is 1.00 e. The van der Waals surface area contributed by atoms with Crippen molar-refractivity contribution >= 4 is 11.9 Å². The minimum atomic E-state index is -1.01. The molecule has 4 atom stereocenters. The predicted octanol–water partition coefficient (Wildman–Crippen LogP) is -5.15. The Hall–Kier alpha value is 2.00. The Morgan fingerprint density at radius 2 is 1.27 bits per heavy atom. The van der Waals surface area contributed by atoms with Gasteiger partial charge < -0.3 is 25.5 Å². The van der Waals surface area contributed by atoms with Gasteiger partial charge in [0.15, 0.2) is 0 Å². The number of carboxylic acid groups (broad SMARTS) is 2. The number of nitriles is 1. The van der Waals surface area contributed by atoms with Gasteiger partial charge in [-0.3, -0.25) is 0 Å². The Balaban J connectivity index is -0.000000173. The minimum absolute atomic E-state index is 0. The van der Waals surface area contributed by atoms with Crippen molar-refractivity contribution in [1.82, 2.24) is 0 Å². The van der Waals surface area contributed by atoms with Crippen LogP contribution in [0.4, 0.5) is 0 Å². The topological polar surface area (TPSA) is 130 Å². The van der Waals surface area contributed by atoms with E-state index >= 15 is 0 Å². The van der Waals surface area contributed by atoms with E-state index in [2.05, 4.69) is 13.0 Å². The Morgan fingerprint density at radius 3 is 1.58 bits per heavy atom. The molecule has 0 heterocycles. The second-order valence-corrected chi connectivity index (χ2v) is 6.98. The summed E-state index contributed by atoms with van der Waals surface area (Å²) in [5.41, 5.74) is 5.38. The van der Waals surface area contributed by atoms with Gasteiger partial charge >= 0.3 is 116 Å². The zero-order valence-electron chi connectivity index (χ0n) is 17.4.